The quantitative estimate of drug-likeness (QED) is 0.629. The summed E-state index contributed by atoms with van der Waals surface area (Å²) in [6.45, 7) is 24.1. The van der Waals surface area contributed by atoms with E-state index in [2.05, 4.69) is 63.6 Å². The van der Waals surface area contributed by atoms with Crippen LogP contribution in [0, 0.1) is 5.92 Å². The lowest BCUT2D eigenvalue weighted by atomic mass is 10.1. The smallest absolute Gasteiger partial charge is 0.00966 e. The van der Waals surface area contributed by atoms with Crippen molar-refractivity contribution in [2.45, 2.75) is 60.4 Å². The zero-order valence-corrected chi connectivity index (χ0v) is 15.1. The highest BCUT2D eigenvalue weighted by molar-refractivity contribution is 4.73. The minimum atomic E-state index is 0.230. The number of rotatable bonds is 11. The van der Waals surface area contributed by atoms with E-state index in [9.17, 15) is 0 Å². The first-order valence-electron chi connectivity index (χ1n) is 8.52. The lowest BCUT2D eigenvalue weighted by Crippen LogP contribution is -2.41. The van der Waals surface area contributed by atoms with Crippen molar-refractivity contribution in [3.05, 3.63) is 0 Å². The van der Waals surface area contributed by atoms with Crippen molar-refractivity contribution in [3.8, 4) is 0 Å². The molecule has 0 radical (unpaired) electrons. The van der Waals surface area contributed by atoms with Gasteiger partial charge in [0.1, 0.15) is 0 Å². The maximum absolute atomic E-state index is 3.61. The Morgan fingerprint density at radius 1 is 0.900 bits per heavy atom. The molecule has 1 unspecified atom stereocenters. The standard InChI is InChI=1S/C17H39N3/c1-8-19(9-2)12-11-13-20(10-3)15-16(4)14-18-17(5,6)7/h16,18H,8-15H2,1-7H3. The molecule has 0 aromatic heterocycles. The summed E-state index contributed by atoms with van der Waals surface area (Å²) in [6.07, 6.45) is 1.29. The van der Waals surface area contributed by atoms with Gasteiger partial charge in [0.15, 0.2) is 0 Å². The Hall–Kier alpha value is -0.120. The van der Waals surface area contributed by atoms with E-state index in [0.29, 0.717) is 5.92 Å². The molecule has 20 heavy (non-hydrogen) atoms. The van der Waals surface area contributed by atoms with Crippen LogP contribution in [0.5, 0.6) is 0 Å². The summed E-state index contributed by atoms with van der Waals surface area (Å²) in [4.78, 5) is 5.11. The van der Waals surface area contributed by atoms with E-state index in [0.717, 1.165) is 13.1 Å². The van der Waals surface area contributed by atoms with Gasteiger partial charge >= 0.3 is 0 Å². The van der Waals surface area contributed by atoms with Gasteiger partial charge in [0.05, 0.1) is 0 Å². The van der Waals surface area contributed by atoms with Crippen molar-refractivity contribution >= 4 is 0 Å². The van der Waals surface area contributed by atoms with E-state index in [1.54, 1.807) is 0 Å². The Labute approximate surface area is 128 Å². The summed E-state index contributed by atoms with van der Waals surface area (Å²) in [6, 6.07) is 0. The summed E-state index contributed by atoms with van der Waals surface area (Å²) < 4.78 is 0. The molecular weight excluding hydrogens is 246 g/mol. The van der Waals surface area contributed by atoms with Crippen molar-refractivity contribution in [2.75, 3.05) is 45.8 Å². The van der Waals surface area contributed by atoms with Crippen LogP contribution in [0.4, 0.5) is 0 Å². The van der Waals surface area contributed by atoms with Crippen LogP contribution in [0.1, 0.15) is 54.9 Å². The second-order valence-corrected chi connectivity index (χ2v) is 7.01. The third-order valence-corrected chi connectivity index (χ3v) is 3.84. The summed E-state index contributed by atoms with van der Waals surface area (Å²) in [5.41, 5.74) is 0.230. The topological polar surface area (TPSA) is 18.5 Å². The largest absolute Gasteiger partial charge is 0.312 e. The molecule has 0 aromatic carbocycles. The molecule has 0 bridgehead atoms. The Kier molecular flexibility index (Phi) is 10.5. The maximum atomic E-state index is 3.61. The Morgan fingerprint density at radius 3 is 1.85 bits per heavy atom. The normalized spacial score (nSPS) is 14.2. The lowest BCUT2D eigenvalue weighted by Gasteiger charge is -2.28. The van der Waals surface area contributed by atoms with Crippen LogP contribution < -0.4 is 5.32 Å². The summed E-state index contributed by atoms with van der Waals surface area (Å²) in [5.74, 6) is 0.711. The highest BCUT2D eigenvalue weighted by Gasteiger charge is 2.13. The number of hydrogen-bond acceptors (Lipinski definition) is 3. The van der Waals surface area contributed by atoms with E-state index in [-0.39, 0.29) is 5.54 Å². The Morgan fingerprint density at radius 2 is 1.40 bits per heavy atom. The van der Waals surface area contributed by atoms with Gasteiger partial charge in [-0.2, -0.15) is 0 Å². The fraction of sp³-hybridized carbons (Fsp3) is 1.00. The van der Waals surface area contributed by atoms with Gasteiger partial charge < -0.3 is 15.1 Å². The molecule has 122 valence electrons. The van der Waals surface area contributed by atoms with Crippen LogP contribution in [0.2, 0.25) is 0 Å². The summed E-state index contributed by atoms with van der Waals surface area (Å²) in [7, 11) is 0. The highest BCUT2D eigenvalue weighted by Crippen LogP contribution is 2.04. The first-order chi connectivity index (χ1) is 9.32. The van der Waals surface area contributed by atoms with Crippen LogP contribution in [-0.4, -0.2) is 61.2 Å². The second-order valence-electron chi connectivity index (χ2n) is 7.01. The molecule has 0 aliphatic carbocycles. The Bertz CT molecular complexity index is 219. The SMILES string of the molecule is CCN(CC)CCCN(CC)CC(C)CNC(C)(C)C. The molecule has 0 saturated carbocycles. The van der Waals surface area contributed by atoms with Crippen LogP contribution >= 0.6 is 0 Å². The molecule has 0 heterocycles. The molecule has 0 rings (SSSR count). The van der Waals surface area contributed by atoms with Crippen LogP contribution in [-0.2, 0) is 0 Å². The second kappa shape index (κ2) is 10.6. The number of nitrogens with zero attached hydrogens (tertiary/aromatic N) is 2. The molecular formula is C17H39N3. The summed E-state index contributed by atoms with van der Waals surface area (Å²) >= 11 is 0. The first-order valence-corrected chi connectivity index (χ1v) is 8.52. The maximum Gasteiger partial charge on any atom is 0.00966 e. The van der Waals surface area contributed by atoms with Gasteiger partial charge in [-0.1, -0.05) is 27.7 Å². The molecule has 0 amide bonds. The minimum Gasteiger partial charge on any atom is -0.312 e. The monoisotopic (exact) mass is 285 g/mol. The predicted molar refractivity (Wildman–Crippen MR) is 91.4 cm³/mol. The average Bonchev–Trinajstić information content (AvgIpc) is 2.39. The molecule has 0 aliphatic heterocycles. The van der Waals surface area contributed by atoms with Gasteiger partial charge in [-0.15, -0.1) is 0 Å². The molecule has 0 aromatic rings. The number of hydrogen-bond donors (Lipinski definition) is 1. The summed E-state index contributed by atoms with van der Waals surface area (Å²) in [5, 5.41) is 3.61. The van der Waals surface area contributed by atoms with Crippen molar-refractivity contribution in [2.24, 2.45) is 5.92 Å². The lowest BCUT2D eigenvalue weighted by molar-refractivity contribution is 0.215. The number of nitrogens with one attached hydrogen (secondary N) is 1. The van der Waals surface area contributed by atoms with Gasteiger partial charge in [0.25, 0.3) is 0 Å². The van der Waals surface area contributed by atoms with E-state index in [1.165, 1.54) is 39.1 Å². The van der Waals surface area contributed by atoms with Gasteiger partial charge in [-0.25, -0.2) is 0 Å². The molecule has 1 N–H and O–H groups in total. The van der Waals surface area contributed by atoms with Crippen LogP contribution in [0.3, 0.4) is 0 Å². The fourth-order valence-electron chi connectivity index (χ4n) is 2.42. The van der Waals surface area contributed by atoms with Crippen LogP contribution in [0.15, 0.2) is 0 Å². The van der Waals surface area contributed by atoms with Gasteiger partial charge in [0.2, 0.25) is 0 Å². The fourth-order valence-corrected chi connectivity index (χ4v) is 2.42. The van der Waals surface area contributed by atoms with Crippen LogP contribution in [0.25, 0.3) is 0 Å². The van der Waals surface area contributed by atoms with E-state index >= 15 is 0 Å². The molecule has 3 heteroatoms. The molecule has 3 nitrogen and oxygen atoms in total. The first kappa shape index (κ1) is 19.9. The molecule has 1 atom stereocenters. The van der Waals surface area contributed by atoms with Gasteiger partial charge in [-0.05, 0) is 72.4 Å². The van der Waals surface area contributed by atoms with Crippen molar-refractivity contribution in [1.29, 1.82) is 0 Å². The van der Waals surface area contributed by atoms with E-state index in [4.69, 9.17) is 0 Å². The van der Waals surface area contributed by atoms with Gasteiger partial charge in [-0.3, -0.25) is 0 Å². The highest BCUT2D eigenvalue weighted by atomic mass is 15.1. The Balaban J connectivity index is 3.90. The zero-order valence-electron chi connectivity index (χ0n) is 15.1. The van der Waals surface area contributed by atoms with E-state index in [1.807, 2.05) is 0 Å². The molecule has 0 saturated heterocycles. The third-order valence-electron chi connectivity index (χ3n) is 3.84. The van der Waals surface area contributed by atoms with Crippen molar-refractivity contribution in [1.82, 2.24) is 15.1 Å². The van der Waals surface area contributed by atoms with E-state index < -0.39 is 0 Å². The van der Waals surface area contributed by atoms with Gasteiger partial charge in [0, 0.05) is 12.1 Å². The molecule has 0 aliphatic rings. The third kappa shape index (κ3) is 10.6. The molecule has 0 fully saturated rings. The minimum absolute atomic E-state index is 0.230. The zero-order chi connectivity index (χ0) is 15.6. The van der Waals surface area contributed by atoms with Crippen molar-refractivity contribution < 1.29 is 0 Å². The average molecular weight is 286 g/mol. The predicted octanol–water partition coefficient (Wildman–Crippen LogP) is 3.06. The molecule has 0 spiro atoms. The van der Waals surface area contributed by atoms with Crippen molar-refractivity contribution in [3.63, 3.8) is 0 Å².